The molecular weight excluding hydrogens is 266 g/mol. The van der Waals surface area contributed by atoms with E-state index in [-0.39, 0.29) is 24.7 Å². The Kier molecular flexibility index (Phi) is 6.28. The van der Waals surface area contributed by atoms with Gasteiger partial charge in [0.2, 0.25) is 0 Å². The summed E-state index contributed by atoms with van der Waals surface area (Å²) >= 11 is 0. The molecule has 0 aromatic heterocycles. The van der Waals surface area contributed by atoms with Crippen molar-refractivity contribution in [2.75, 3.05) is 13.2 Å². The zero-order valence-corrected chi connectivity index (χ0v) is 10.9. The number of alkyl halides is 2. The van der Waals surface area contributed by atoms with Crippen LogP contribution in [0.4, 0.5) is 8.78 Å². The molecule has 0 aliphatic rings. The molecule has 1 N–H and O–H groups in total. The Labute approximate surface area is 116 Å². The number of ether oxygens (including phenoxy) is 2. The number of nitrogens with zero attached hydrogens (tertiary/aromatic N) is 1. The van der Waals surface area contributed by atoms with Crippen molar-refractivity contribution in [3.05, 3.63) is 23.8 Å². The Hall–Kier alpha value is -2.31. The van der Waals surface area contributed by atoms with Crippen LogP contribution in [0.2, 0.25) is 0 Å². The minimum absolute atomic E-state index is 0.0701. The second-order valence-corrected chi connectivity index (χ2v) is 3.66. The topological polar surface area (TPSA) is 54.3 Å². The number of hydrogen-bond donors (Lipinski definition) is 1. The van der Waals surface area contributed by atoms with E-state index < -0.39 is 12.7 Å². The molecule has 1 atom stereocenters. The van der Waals surface area contributed by atoms with E-state index in [1.807, 2.05) is 6.07 Å². The van der Waals surface area contributed by atoms with Crippen LogP contribution in [-0.4, -0.2) is 19.8 Å². The largest absolute Gasteiger partial charge is 0.490 e. The van der Waals surface area contributed by atoms with E-state index in [9.17, 15) is 8.78 Å². The summed E-state index contributed by atoms with van der Waals surface area (Å²) in [6.07, 6.45) is 5.12. The first-order valence-corrected chi connectivity index (χ1v) is 5.90. The number of rotatable bonds is 7. The maximum absolute atomic E-state index is 12.3. The van der Waals surface area contributed by atoms with Crippen LogP contribution in [0.3, 0.4) is 0 Å². The summed E-state index contributed by atoms with van der Waals surface area (Å²) in [5.74, 6) is 2.45. The predicted octanol–water partition coefficient (Wildman–Crippen LogP) is 2.47. The van der Waals surface area contributed by atoms with E-state index >= 15 is 0 Å². The van der Waals surface area contributed by atoms with Crippen LogP contribution in [0.1, 0.15) is 18.5 Å². The first-order valence-electron chi connectivity index (χ1n) is 5.90. The molecule has 0 aliphatic heterocycles. The normalized spacial score (nSPS) is 11.5. The molecule has 0 heterocycles. The molecule has 1 unspecified atom stereocenters. The number of nitriles is 1. The van der Waals surface area contributed by atoms with Crippen molar-refractivity contribution in [1.29, 1.82) is 5.26 Å². The maximum atomic E-state index is 12.3. The van der Waals surface area contributed by atoms with E-state index in [1.54, 1.807) is 6.92 Å². The van der Waals surface area contributed by atoms with Gasteiger partial charge in [-0.2, -0.15) is 14.0 Å². The summed E-state index contributed by atoms with van der Waals surface area (Å²) in [7, 11) is 0. The van der Waals surface area contributed by atoms with Crippen molar-refractivity contribution in [3.63, 3.8) is 0 Å². The molecule has 106 valence electrons. The number of hydrogen-bond acceptors (Lipinski definition) is 4. The van der Waals surface area contributed by atoms with Gasteiger partial charge in [-0.05, 0) is 24.6 Å². The molecule has 0 amide bonds. The van der Waals surface area contributed by atoms with Crippen molar-refractivity contribution in [1.82, 2.24) is 5.32 Å². The van der Waals surface area contributed by atoms with Gasteiger partial charge in [0, 0.05) is 0 Å². The van der Waals surface area contributed by atoms with Gasteiger partial charge in [0.05, 0.1) is 19.2 Å². The standard InChI is InChI=1S/C14H14F2N2O2/c1-3-7-18-11(9-17)10-5-6-12(20-14(15)16)13(8-10)19-4-2/h1,5-6,8,11,14,18H,4,7H2,2H3. The second-order valence-electron chi connectivity index (χ2n) is 3.66. The minimum Gasteiger partial charge on any atom is -0.490 e. The lowest BCUT2D eigenvalue weighted by Crippen LogP contribution is -2.20. The summed E-state index contributed by atoms with van der Waals surface area (Å²) in [5, 5.41) is 11.9. The molecule has 6 heteroatoms. The van der Waals surface area contributed by atoms with Crippen molar-refractivity contribution in [2.45, 2.75) is 19.6 Å². The fraction of sp³-hybridized carbons (Fsp3) is 0.357. The van der Waals surface area contributed by atoms with E-state index in [1.165, 1.54) is 18.2 Å². The highest BCUT2D eigenvalue weighted by molar-refractivity contribution is 5.45. The molecule has 0 spiro atoms. The molecule has 1 rings (SSSR count). The van der Waals surface area contributed by atoms with Crippen molar-refractivity contribution < 1.29 is 18.3 Å². The van der Waals surface area contributed by atoms with Crippen LogP contribution >= 0.6 is 0 Å². The minimum atomic E-state index is -2.94. The Morgan fingerprint density at radius 3 is 2.70 bits per heavy atom. The average molecular weight is 280 g/mol. The third kappa shape index (κ3) is 4.42. The lowest BCUT2D eigenvalue weighted by Gasteiger charge is -2.15. The van der Waals surface area contributed by atoms with Gasteiger partial charge >= 0.3 is 6.61 Å². The molecule has 0 fully saturated rings. The summed E-state index contributed by atoms with van der Waals surface area (Å²) in [4.78, 5) is 0. The average Bonchev–Trinajstić information content (AvgIpc) is 2.42. The van der Waals surface area contributed by atoms with Gasteiger partial charge in [-0.15, -0.1) is 6.42 Å². The molecule has 4 nitrogen and oxygen atoms in total. The third-order valence-corrected chi connectivity index (χ3v) is 2.35. The Morgan fingerprint density at radius 1 is 1.40 bits per heavy atom. The zero-order valence-electron chi connectivity index (χ0n) is 10.9. The molecular formula is C14H14F2N2O2. The number of terminal acetylenes is 1. The van der Waals surface area contributed by atoms with E-state index in [4.69, 9.17) is 16.4 Å². The van der Waals surface area contributed by atoms with Crippen LogP contribution in [0.15, 0.2) is 18.2 Å². The van der Waals surface area contributed by atoms with Gasteiger partial charge in [0.25, 0.3) is 0 Å². The van der Waals surface area contributed by atoms with Crippen molar-refractivity contribution >= 4 is 0 Å². The highest BCUT2D eigenvalue weighted by Crippen LogP contribution is 2.31. The lowest BCUT2D eigenvalue weighted by atomic mass is 10.1. The monoisotopic (exact) mass is 280 g/mol. The first-order chi connectivity index (χ1) is 9.62. The number of benzene rings is 1. The first kappa shape index (κ1) is 15.7. The van der Waals surface area contributed by atoms with Gasteiger partial charge in [-0.25, -0.2) is 0 Å². The smallest absolute Gasteiger partial charge is 0.387 e. The number of nitrogens with one attached hydrogen (secondary N) is 1. The quantitative estimate of drug-likeness (QED) is 0.780. The molecule has 20 heavy (non-hydrogen) atoms. The zero-order chi connectivity index (χ0) is 15.0. The van der Waals surface area contributed by atoms with E-state index in [0.29, 0.717) is 5.56 Å². The van der Waals surface area contributed by atoms with Crippen LogP contribution in [0.25, 0.3) is 0 Å². The Balaban J connectivity index is 3.02. The fourth-order valence-electron chi connectivity index (χ4n) is 1.56. The molecule has 0 saturated carbocycles. The Bertz CT molecular complexity index is 521. The maximum Gasteiger partial charge on any atom is 0.387 e. The molecule has 1 aromatic carbocycles. The van der Waals surface area contributed by atoms with E-state index in [2.05, 4.69) is 16.0 Å². The molecule has 1 aromatic rings. The Morgan fingerprint density at radius 2 is 2.15 bits per heavy atom. The molecule has 0 radical (unpaired) electrons. The number of halogens is 2. The molecule has 0 bridgehead atoms. The van der Waals surface area contributed by atoms with Gasteiger partial charge in [0.15, 0.2) is 11.5 Å². The van der Waals surface area contributed by atoms with Crippen LogP contribution in [0.5, 0.6) is 11.5 Å². The predicted molar refractivity (Wildman–Crippen MR) is 69.4 cm³/mol. The second kappa shape index (κ2) is 7.98. The van der Waals surface area contributed by atoms with Crippen molar-refractivity contribution in [3.8, 4) is 29.9 Å². The van der Waals surface area contributed by atoms with Crippen LogP contribution < -0.4 is 14.8 Å². The summed E-state index contributed by atoms with van der Waals surface area (Å²) in [6, 6.07) is 5.72. The van der Waals surface area contributed by atoms with Crippen LogP contribution in [-0.2, 0) is 0 Å². The highest BCUT2D eigenvalue weighted by Gasteiger charge is 2.15. The van der Waals surface area contributed by atoms with E-state index in [0.717, 1.165) is 0 Å². The molecule has 0 aliphatic carbocycles. The lowest BCUT2D eigenvalue weighted by molar-refractivity contribution is -0.0514. The third-order valence-electron chi connectivity index (χ3n) is 2.35. The molecule has 0 saturated heterocycles. The summed E-state index contributed by atoms with van der Waals surface area (Å²) in [5.41, 5.74) is 0.563. The van der Waals surface area contributed by atoms with Gasteiger partial charge in [-0.3, -0.25) is 5.32 Å². The van der Waals surface area contributed by atoms with Crippen LogP contribution in [0, 0.1) is 23.7 Å². The van der Waals surface area contributed by atoms with Gasteiger partial charge in [0.1, 0.15) is 6.04 Å². The van der Waals surface area contributed by atoms with Gasteiger partial charge < -0.3 is 9.47 Å². The van der Waals surface area contributed by atoms with Gasteiger partial charge in [-0.1, -0.05) is 12.0 Å². The summed E-state index contributed by atoms with van der Waals surface area (Å²) < 4.78 is 34.1. The summed E-state index contributed by atoms with van der Waals surface area (Å²) in [6.45, 7) is -0.710. The highest BCUT2D eigenvalue weighted by atomic mass is 19.3. The SMILES string of the molecule is C#CCNC(C#N)c1ccc(OC(F)F)c(OCC)c1. The fourth-order valence-corrected chi connectivity index (χ4v) is 1.56. The van der Waals surface area contributed by atoms with Crippen molar-refractivity contribution in [2.24, 2.45) is 0 Å².